The van der Waals surface area contributed by atoms with E-state index in [9.17, 15) is 0 Å². The van der Waals surface area contributed by atoms with Crippen molar-refractivity contribution in [3.05, 3.63) is 23.8 Å². The average molecular weight is 259 g/mol. The van der Waals surface area contributed by atoms with Gasteiger partial charge in [0.15, 0.2) is 11.5 Å². The van der Waals surface area contributed by atoms with Gasteiger partial charge in [0, 0.05) is 13.0 Å². The topological polar surface area (TPSA) is 27.7 Å². The fourth-order valence-electron chi connectivity index (χ4n) is 1.30. The molecule has 3 nitrogen and oxygen atoms in total. The molecule has 1 aromatic rings. The fraction of sp³-hybridized carbons (Fsp3) is 0.538. The molecule has 1 unspecified atom stereocenters. The molecule has 0 aromatic heterocycles. The van der Waals surface area contributed by atoms with Gasteiger partial charge in [0.1, 0.15) is 6.61 Å². The zero-order valence-corrected chi connectivity index (χ0v) is 11.3. The maximum absolute atomic E-state index is 5.78. The highest BCUT2D eigenvalue weighted by Gasteiger charge is 2.08. The Morgan fingerprint density at radius 2 is 2.00 bits per heavy atom. The Morgan fingerprint density at radius 1 is 1.24 bits per heavy atom. The molecule has 0 saturated carbocycles. The van der Waals surface area contributed by atoms with E-state index in [4.69, 9.17) is 25.8 Å². The number of benzene rings is 1. The van der Waals surface area contributed by atoms with Crippen LogP contribution in [0.15, 0.2) is 18.2 Å². The summed E-state index contributed by atoms with van der Waals surface area (Å²) in [6.45, 7) is 4.99. The van der Waals surface area contributed by atoms with Crippen LogP contribution < -0.4 is 9.47 Å². The van der Waals surface area contributed by atoms with Crippen LogP contribution in [0.25, 0.3) is 0 Å². The minimum atomic E-state index is 0.0529. The maximum Gasteiger partial charge on any atom is 0.161 e. The van der Waals surface area contributed by atoms with E-state index in [1.165, 1.54) is 0 Å². The number of hydrogen-bond acceptors (Lipinski definition) is 3. The van der Waals surface area contributed by atoms with E-state index in [1.807, 2.05) is 32.0 Å². The molecule has 0 aliphatic rings. The van der Waals surface area contributed by atoms with Gasteiger partial charge in [0.25, 0.3) is 0 Å². The van der Waals surface area contributed by atoms with Crippen LogP contribution in [0.2, 0.25) is 0 Å². The quantitative estimate of drug-likeness (QED) is 0.703. The molecule has 0 amide bonds. The van der Waals surface area contributed by atoms with E-state index < -0.39 is 0 Å². The molecule has 17 heavy (non-hydrogen) atoms. The molecule has 0 radical (unpaired) electrons. The molecule has 0 fully saturated rings. The number of halogens is 1. The minimum absolute atomic E-state index is 0.0529. The number of ether oxygens (including phenoxy) is 3. The molecule has 96 valence electrons. The second-order valence-corrected chi connectivity index (χ2v) is 3.97. The van der Waals surface area contributed by atoms with Crippen molar-refractivity contribution in [2.24, 2.45) is 0 Å². The summed E-state index contributed by atoms with van der Waals surface area (Å²) in [7, 11) is 1.66. The lowest BCUT2D eigenvalue weighted by Crippen LogP contribution is -2.16. The summed E-state index contributed by atoms with van der Waals surface area (Å²) in [5.41, 5.74) is 1.02. The molecule has 0 N–H and O–H groups in total. The molecule has 1 aromatic carbocycles. The van der Waals surface area contributed by atoms with Crippen molar-refractivity contribution >= 4 is 11.6 Å². The summed E-state index contributed by atoms with van der Waals surface area (Å²) in [5, 5.41) is 0. The molecule has 0 aliphatic heterocycles. The molecule has 0 saturated heterocycles. The van der Waals surface area contributed by atoms with Gasteiger partial charge < -0.3 is 14.2 Å². The summed E-state index contributed by atoms with van der Waals surface area (Å²) in [6, 6.07) is 5.72. The first kappa shape index (κ1) is 14.1. The van der Waals surface area contributed by atoms with E-state index in [1.54, 1.807) is 7.11 Å². The number of methoxy groups -OCH3 is 1. The van der Waals surface area contributed by atoms with Crippen LogP contribution in [0.1, 0.15) is 19.4 Å². The summed E-state index contributed by atoms with van der Waals surface area (Å²) in [4.78, 5) is 0. The third-order valence-corrected chi connectivity index (χ3v) is 2.65. The van der Waals surface area contributed by atoms with Crippen LogP contribution >= 0.6 is 11.6 Å². The van der Waals surface area contributed by atoms with Gasteiger partial charge in [-0.2, -0.15) is 0 Å². The van der Waals surface area contributed by atoms with Crippen molar-refractivity contribution in [2.45, 2.75) is 25.8 Å². The summed E-state index contributed by atoms with van der Waals surface area (Å²) < 4.78 is 16.3. The SMILES string of the molecule is CCOc1cc(CCl)ccc1OCC(C)OC. The molecule has 0 spiro atoms. The largest absolute Gasteiger partial charge is 0.490 e. The van der Waals surface area contributed by atoms with Crippen molar-refractivity contribution in [1.29, 1.82) is 0 Å². The number of alkyl halides is 1. The molecule has 0 bridgehead atoms. The highest BCUT2D eigenvalue weighted by Crippen LogP contribution is 2.29. The van der Waals surface area contributed by atoms with Crippen molar-refractivity contribution in [2.75, 3.05) is 20.3 Å². The Balaban J connectivity index is 2.75. The van der Waals surface area contributed by atoms with Crippen LogP contribution in [-0.2, 0) is 10.6 Å². The van der Waals surface area contributed by atoms with Gasteiger partial charge in [-0.25, -0.2) is 0 Å². The van der Waals surface area contributed by atoms with E-state index in [0.29, 0.717) is 19.1 Å². The second kappa shape index (κ2) is 7.41. The first-order valence-electron chi connectivity index (χ1n) is 5.68. The van der Waals surface area contributed by atoms with E-state index >= 15 is 0 Å². The van der Waals surface area contributed by atoms with Gasteiger partial charge in [0.05, 0.1) is 12.7 Å². The van der Waals surface area contributed by atoms with Gasteiger partial charge >= 0.3 is 0 Å². The van der Waals surface area contributed by atoms with Crippen LogP contribution in [0.5, 0.6) is 11.5 Å². The first-order valence-corrected chi connectivity index (χ1v) is 6.22. The van der Waals surface area contributed by atoms with E-state index in [-0.39, 0.29) is 6.10 Å². The van der Waals surface area contributed by atoms with Crippen molar-refractivity contribution in [1.82, 2.24) is 0 Å². The normalized spacial score (nSPS) is 12.2. The summed E-state index contributed by atoms with van der Waals surface area (Å²) in [5.74, 6) is 1.92. The Kier molecular flexibility index (Phi) is 6.16. The second-order valence-electron chi connectivity index (χ2n) is 3.71. The molecule has 1 atom stereocenters. The van der Waals surface area contributed by atoms with E-state index in [0.717, 1.165) is 17.1 Å². The monoisotopic (exact) mass is 258 g/mol. The molecule has 1 rings (SSSR count). The highest BCUT2D eigenvalue weighted by molar-refractivity contribution is 6.17. The van der Waals surface area contributed by atoms with E-state index in [2.05, 4.69) is 0 Å². The molecular weight excluding hydrogens is 240 g/mol. The number of rotatable bonds is 7. The molecule has 0 heterocycles. The predicted octanol–water partition coefficient (Wildman–Crippen LogP) is 3.24. The third-order valence-electron chi connectivity index (χ3n) is 2.34. The minimum Gasteiger partial charge on any atom is -0.490 e. The average Bonchev–Trinajstić information content (AvgIpc) is 2.37. The summed E-state index contributed by atoms with van der Waals surface area (Å²) >= 11 is 5.78. The van der Waals surface area contributed by atoms with Crippen molar-refractivity contribution in [3.8, 4) is 11.5 Å². The Hall–Kier alpha value is -0.930. The van der Waals surface area contributed by atoms with Crippen LogP contribution in [0, 0.1) is 0 Å². The van der Waals surface area contributed by atoms with Crippen LogP contribution in [0.4, 0.5) is 0 Å². The Morgan fingerprint density at radius 3 is 2.59 bits per heavy atom. The molecule has 0 aliphatic carbocycles. The first-order chi connectivity index (χ1) is 8.21. The van der Waals surface area contributed by atoms with Gasteiger partial charge in [-0.1, -0.05) is 6.07 Å². The predicted molar refractivity (Wildman–Crippen MR) is 69.1 cm³/mol. The number of hydrogen-bond donors (Lipinski definition) is 0. The maximum atomic E-state index is 5.78. The van der Waals surface area contributed by atoms with Gasteiger partial charge in [-0.05, 0) is 31.5 Å². The standard InChI is InChI=1S/C13H19ClO3/c1-4-16-13-7-11(8-14)5-6-12(13)17-9-10(2)15-3/h5-7,10H,4,8-9H2,1-3H3. The molecule has 4 heteroatoms. The third kappa shape index (κ3) is 4.44. The van der Waals surface area contributed by atoms with Gasteiger partial charge in [0.2, 0.25) is 0 Å². The lowest BCUT2D eigenvalue weighted by atomic mass is 10.2. The van der Waals surface area contributed by atoms with Crippen LogP contribution in [0.3, 0.4) is 0 Å². The Labute approximate surface area is 108 Å². The zero-order valence-electron chi connectivity index (χ0n) is 10.5. The fourth-order valence-corrected chi connectivity index (χ4v) is 1.46. The van der Waals surface area contributed by atoms with Gasteiger partial charge in [-0.3, -0.25) is 0 Å². The molecular formula is C13H19ClO3. The lowest BCUT2D eigenvalue weighted by molar-refractivity contribution is 0.0703. The smallest absolute Gasteiger partial charge is 0.161 e. The Bertz CT molecular complexity index is 341. The lowest BCUT2D eigenvalue weighted by Gasteiger charge is -2.15. The summed E-state index contributed by atoms with van der Waals surface area (Å²) in [6.07, 6.45) is 0.0529. The highest BCUT2D eigenvalue weighted by atomic mass is 35.5. The van der Waals surface area contributed by atoms with Gasteiger partial charge in [-0.15, -0.1) is 11.6 Å². The zero-order chi connectivity index (χ0) is 12.7. The van der Waals surface area contributed by atoms with Crippen molar-refractivity contribution < 1.29 is 14.2 Å². The van der Waals surface area contributed by atoms with Crippen LogP contribution in [-0.4, -0.2) is 26.4 Å². The van der Waals surface area contributed by atoms with Crippen molar-refractivity contribution in [3.63, 3.8) is 0 Å².